The van der Waals surface area contributed by atoms with Crippen LogP contribution in [0.15, 0.2) is 22.6 Å². The molecule has 0 unspecified atom stereocenters. The lowest BCUT2D eigenvalue weighted by Gasteiger charge is -2.05. The maximum Gasteiger partial charge on any atom is 0.315 e. The molecule has 0 aliphatic rings. The molecule has 1 heterocycles. The molecule has 0 spiro atoms. The fourth-order valence-electron chi connectivity index (χ4n) is 1.57. The summed E-state index contributed by atoms with van der Waals surface area (Å²) in [5.74, 6) is 0.588. The average Bonchev–Trinajstić information content (AvgIpc) is 2.76. The van der Waals surface area contributed by atoms with Gasteiger partial charge in [-0.25, -0.2) is 4.39 Å². The van der Waals surface area contributed by atoms with Crippen molar-refractivity contribution in [3.05, 3.63) is 41.0 Å². The van der Waals surface area contributed by atoms with Gasteiger partial charge in [0.25, 0.3) is 0 Å². The number of rotatable bonds is 4. The molecule has 0 atom stereocenters. The van der Waals surface area contributed by atoms with E-state index in [0.717, 1.165) is 11.1 Å². The van der Waals surface area contributed by atoms with Gasteiger partial charge in [0.1, 0.15) is 5.82 Å². The Balaban J connectivity index is 2.02. The number of nitrogens with one attached hydrogen (secondary N) is 1. The van der Waals surface area contributed by atoms with Crippen LogP contribution >= 0.6 is 0 Å². The highest BCUT2D eigenvalue weighted by molar-refractivity contribution is 5.30. The lowest BCUT2D eigenvalue weighted by Crippen LogP contribution is -2.01. The van der Waals surface area contributed by atoms with Crippen molar-refractivity contribution in [3.63, 3.8) is 0 Å². The third-order valence-electron chi connectivity index (χ3n) is 2.67. The third-order valence-corrected chi connectivity index (χ3v) is 2.67. The molecular weight excluding hydrogens is 233 g/mol. The summed E-state index contributed by atoms with van der Waals surface area (Å²) in [6.45, 7) is 6.38. The van der Waals surface area contributed by atoms with Crippen LogP contribution in [0.1, 0.15) is 36.8 Å². The van der Waals surface area contributed by atoms with Gasteiger partial charge in [-0.2, -0.15) is 0 Å². The van der Waals surface area contributed by atoms with Crippen LogP contribution in [0.2, 0.25) is 0 Å². The van der Waals surface area contributed by atoms with Crippen LogP contribution < -0.4 is 5.32 Å². The van der Waals surface area contributed by atoms with E-state index in [9.17, 15) is 4.39 Å². The number of halogens is 1. The van der Waals surface area contributed by atoms with Crippen molar-refractivity contribution in [2.45, 2.75) is 33.2 Å². The van der Waals surface area contributed by atoms with Crippen LogP contribution in [0.25, 0.3) is 0 Å². The molecule has 0 saturated heterocycles. The summed E-state index contributed by atoms with van der Waals surface area (Å²) in [5, 5.41) is 10.9. The van der Waals surface area contributed by atoms with E-state index in [1.54, 1.807) is 6.07 Å². The maximum atomic E-state index is 12.9. The lowest BCUT2D eigenvalue weighted by molar-refractivity contribution is 0.480. The fraction of sp³-hybridized carbons (Fsp3) is 0.385. The van der Waals surface area contributed by atoms with E-state index in [4.69, 9.17) is 4.42 Å². The van der Waals surface area contributed by atoms with Crippen molar-refractivity contribution >= 4 is 6.01 Å². The van der Waals surface area contributed by atoms with Crippen molar-refractivity contribution in [3.8, 4) is 0 Å². The molecule has 1 N–H and O–H groups in total. The molecule has 0 aliphatic carbocycles. The van der Waals surface area contributed by atoms with Gasteiger partial charge in [0.2, 0.25) is 5.89 Å². The molecule has 0 fully saturated rings. The summed E-state index contributed by atoms with van der Waals surface area (Å²) < 4.78 is 18.4. The number of aromatic nitrogens is 2. The largest absolute Gasteiger partial charge is 0.408 e. The van der Waals surface area contributed by atoms with Gasteiger partial charge in [-0.1, -0.05) is 25.0 Å². The molecule has 0 aliphatic heterocycles. The van der Waals surface area contributed by atoms with E-state index in [2.05, 4.69) is 15.5 Å². The molecule has 2 rings (SSSR count). The summed E-state index contributed by atoms with van der Waals surface area (Å²) in [7, 11) is 0. The highest BCUT2D eigenvalue weighted by atomic mass is 19.1. The quantitative estimate of drug-likeness (QED) is 0.903. The van der Waals surface area contributed by atoms with Gasteiger partial charge in [0.15, 0.2) is 0 Å². The SMILES string of the molecule is Cc1cc(F)ccc1CNc1nnc(C(C)C)o1. The fourth-order valence-corrected chi connectivity index (χ4v) is 1.57. The van der Waals surface area contributed by atoms with Gasteiger partial charge in [-0.3, -0.25) is 0 Å². The van der Waals surface area contributed by atoms with Crippen molar-refractivity contribution in [1.29, 1.82) is 0 Å². The number of anilines is 1. The molecule has 96 valence electrons. The van der Waals surface area contributed by atoms with Gasteiger partial charge < -0.3 is 9.73 Å². The zero-order chi connectivity index (χ0) is 13.1. The average molecular weight is 249 g/mol. The maximum absolute atomic E-state index is 12.9. The Hall–Kier alpha value is -1.91. The van der Waals surface area contributed by atoms with Gasteiger partial charge >= 0.3 is 6.01 Å². The summed E-state index contributed by atoms with van der Waals surface area (Å²) in [4.78, 5) is 0. The number of aryl methyl sites for hydroxylation is 1. The van der Waals surface area contributed by atoms with Crippen LogP contribution in [-0.4, -0.2) is 10.2 Å². The molecule has 1 aromatic carbocycles. The minimum Gasteiger partial charge on any atom is -0.408 e. The first-order chi connectivity index (χ1) is 8.56. The standard InChI is InChI=1S/C13H16FN3O/c1-8(2)12-16-17-13(18-12)15-7-10-4-5-11(14)6-9(10)3/h4-6,8H,7H2,1-3H3,(H,15,17). The molecule has 18 heavy (non-hydrogen) atoms. The minimum absolute atomic E-state index is 0.209. The van der Waals surface area contributed by atoms with Gasteiger partial charge in [-0.15, -0.1) is 5.10 Å². The van der Waals surface area contributed by atoms with Crippen molar-refractivity contribution in [1.82, 2.24) is 10.2 Å². The highest BCUT2D eigenvalue weighted by Crippen LogP contribution is 2.16. The van der Waals surface area contributed by atoms with E-state index in [-0.39, 0.29) is 11.7 Å². The van der Waals surface area contributed by atoms with E-state index in [0.29, 0.717) is 18.5 Å². The van der Waals surface area contributed by atoms with Crippen molar-refractivity contribution in [2.24, 2.45) is 0 Å². The Bertz CT molecular complexity index is 537. The lowest BCUT2D eigenvalue weighted by atomic mass is 10.1. The summed E-state index contributed by atoms with van der Waals surface area (Å²) in [5.41, 5.74) is 1.90. The minimum atomic E-state index is -0.226. The van der Waals surface area contributed by atoms with Crippen LogP contribution in [0.4, 0.5) is 10.4 Å². The second kappa shape index (κ2) is 5.16. The monoisotopic (exact) mass is 249 g/mol. The van der Waals surface area contributed by atoms with Crippen LogP contribution in [-0.2, 0) is 6.54 Å². The molecule has 0 radical (unpaired) electrons. The summed E-state index contributed by atoms with van der Waals surface area (Å²) in [6, 6.07) is 5.08. The topological polar surface area (TPSA) is 51.0 Å². The van der Waals surface area contributed by atoms with E-state index < -0.39 is 0 Å². The molecule has 2 aromatic rings. The van der Waals surface area contributed by atoms with E-state index in [1.807, 2.05) is 20.8 Å². The molecule has 4 nitrogen and oxygen atoms in total. The summed E-state index contributed by atoms with van der Waals surface area (Å²) in [6.07, 6.45) is 0. The Kier molecular flexibility index (Phi) is 3.60. The zero-order valence-corrected chi connectivity index (χ0v) is 10.7. The third kappa shape index (κ3) is 2.85. The second-order valence-corrected chi connectivity index (χ2v) is 4.52. The zero-order valence-electron chi connectivity index (χ0n) is 10.7. The van der Waals surface area contributed by atoms with E-state index in [1.165, 1.54) is 12.1 Å². The predicted octanol–water partition coefficient (Wildman–Crippen LogP) is 3.25. The molecule has 0 bridgehead atoms. The Labute approximate surface area is 105 Å². The summed E-state index contributed by atoms with van der Waals surface area (Å²) >= 11 is 0. The highest BCUT2D eigenvalue weighted by Gasteiger charge is 2.09. The van der Waals surface area contributed by atoms with Crippen LogP contribution in [0, 0.1) is 12.7 Å². The number of benzene rings is 1. The molecule has 5 heteroatoms. The first-order valence-electron chi connectivity index (χ1n) is 5.88. The second-order valence-electron chi connectivity index (χ2n) is 4.52. The van der Waals surface area contributed by atoms with Gasteiger partial charge in [0, 0.05) is 12.5 Å². The Morgan fingerprint density at radius 3 is 2.72 bits per heavy atom. The molecule has 0 saturated carbocycles. The van der Waals surface area contributed by atoms with Gasteiger partial charge in [0.05, 0.1) is 0 Å². The first-order valence-corrected chi connectivity index (χ1v) is 5.88. The molecule has 0 amide bonds. The number of hydrogen-bond acceptors (Lipinski definition) is 4. The number of hydrogen-bond donors (Lipinski definition) is 1. The first kappa shape index (κ1) is 12.5. The Morgan fingerprint density at radius 1 is 1.33 bits per heavy atom. The number of nitrogens with zero attached hydrogens (tertiary/aromatic N) is 2. The normalized spacial score (nSPS) is 10.9. The van der Waals surface area contributed by atoms with Crippen molar-refractivity contribution < 1.29 is 8.81 Å². The smallest absolute Gasteiger partial charge is 0.315 e. The molecular formula is C13H16FN3O. The van der Waals surface area contributed by atoms with Gasteiger partial charge in [-0.05, 0) is 30.2 Å². The predicted molar refractivity (Wildman–Crippen MR) is 66.9 cm³/mol. The van der Waals surface area contributed by atoms with Crippen LogP contribution in [0.3, 0.4) is 0 Å². The molecule has 1 aromatic heterocycles. The van der Waals surface area contributed by atoms with E-state index >= 15 is 0 Å². The Morgan fingerprint density at radius 2 is 2.11 bits per heavy atom. The van der Waals surface area contributed by atoms with Crippen molar-refractivity contribution in [2.75, 3.05) is 5.32 Å². The van der Waals surface area contributed by atoms with Crippen LogP contribution in [0.5, 0.6) is 0 Å².